The van der Waals surface area contributed by atoms with Crippen molar-refractivity contribution in [2.75, 3.05) is 0 Å². The molecule has 0 aliphatic rings. The molecular formula is C10H16FNO. The summed E-state index contributed by atoms with van der Waals surface area (Å²) in [6.45, 7) is 6.25. The summed E-state index contributed by atoms with van der Waals surface area (Å²) < 4.78 is 17.0. The highest BCUT2D eigenvalue weighted by atomic mass is 19.1. The van der Waals surface area contributed by atoms with Crippen molar-refractivity contribution in [3.05, 3.63) is 17.8 Å². The van der Waals surface area contributed by atoms with Crippen LogP contribution in [0.2, 0.25) is 0 Å². The maximum Gasteiger partial charge on any atom is 0.306 e. The van der Waals surface area contributed by atoms with Gasteiger partial charge >= 0.3 is 6.01 Å². The molecule has 1 aromatic heterocycles. The normalized spacial score (nSPS) is 12.0. The lowest BCUT2D eigenvalue weighted by molar-refractivity contribution is 0.273. The average Bonchev–Trinajstić information content (AvgIpc) is 2.49. The lowest BCUT2D eigenvalue weighted by Crippen LogP contribution is -2.17. The van der Waals surface area contributed by atoms with E-state index in [1.807, 2.05) is 0 Å². The molecule has 0 atom stereocenters. The maximum absolute atomic E-state index is 12.6. The van der Waals surface area contributed by atoms with Gasteiger partial charge in [-0.3, -0.25) is 0 Å². The minimum absolute atomic E-state index is 0.0795. The molecule has 0 N–H and O–H groups in total. The van der Waals surface area contributed by atoms with Gasteiger partial charge in [-0.05, 0) is 6.42 Å². The highest BCUT2D eigenvalue weighted by Gasteiger charge is 2.24. The molecule has 0 aromatic carbocycles. The zero-order chi connectivity index (χ0) is 9.90. The summed E-state index contributed by atoms with van der Waals surface area (Å²) in [5, 5.41) is 3.69. The third-order valence-corrected chi connectivity index (χ3v) is 2.33. The fourth-order valence-electron chi connectivity index (χ4n) is 1.32. The third-order valence-electron chi connectivity index (χ3n) is 2.33. The van der Waals surface area contributed by atoms with Crippen LogP contribution in [0.15, 0.2) is 10.6 Å². The zero-order valence-electron chi connectivity index (χ0n) is 8.43. The lowest BCUT2D eigenvalue weighted by atomic mass is 9.84. The molecule has 2 nitrogen and oxygen atoms in total. The molecule has 3 heteroatoms. The van der Waals surface area contributed by atoms with Crippen LogP contribution < -0.4 is 0 Å². The molecule has 13 heavy (non-hydrogen) atoms. The van der Waals surface area contributed by atoms with Crippen LogP contribution in [-0.2, 0) is 5.41 Å². The number of unbranched alkanes of at least 4 members (excludes halogenated alkanes) is 1. The van der Waals surface area contributed by atoms with Gasteiger partial charge in [0.2, 0.25) is 0 Å². The van der Waals surface area contributed by atoms with Gasteiger partial charge in [-0.2, -0.15) is 4.39 Å². The third kappa shape index (κ3) is 2.54. The molecule has 0 aliphatic carbocycles. The van der Waals surface area contributed by atoms with Crippen molar-refractivity contribution in [3.8, 4) is 0 Å². The first kappa shape index (κ1) is 10.2. The van der Waals surface area contributed by atoms with Crippen LogP contribution in [0.25, 0.3) is 0 Å². The van der Waals surface area contributed by atoms with Crippen LogP contribution in [0.4, 0.5) is 4.39 Å². The number of rotatable bonds is 4. The Kier molecular flexibility index (Phi) is 3.07. The highest BCUT2D eigenvalue weighted by molar-refractivity contribution is 5.10. The fraction of sp³-hybridized carbons (Fsp3) is 0.700. The Morgan fingerprint density at radius 3 is 2.69 bits per heavy atom. The topological polar surface area (TPSA) is 26.0 Å². The van der Waals surface area contributed by atoms with Gasteiger partial charge in [0.25, 0.3) is 0 Å². The van der Waals surface area contributed by atoms with Crippen LogP contribution in [0, 0.1) is 6.01 Å². The van der Waals surface area contributed by atoms with Gasteiger partial charge in [0.05, 0.1) is 5.69 Å². The van der Waals surface area contributed by atoms with E-state index in [1.165, 1.54) is 6.07 Å². The van der Waals surface area contributed by atoms with Crippen molar-refractivity contribution >= 4 is 0 Å². The van der Waals surface area contributed by atoms with Gasteiger partial charge in [-0.15, -0.1) is 0 Å². The summed E-state index contributed by atoms with van der Waals surface area (Å²) in [5.41, 5.74) is 0.627. The molecule has 0 radical (unpaired) electrons. The average molecular weight is 185 g/mol. The van der Waals surface area contributed by atoms with Crippen LogP contribution in [0.3, 0.4) is 0 Å². The molecule has 1 aromatic rings. The molecule has 0 saturated carbocycles. The van der Waals surface area contributed by atoms with Gasteiger partial charge < -0.3 is 4.52 Å². The van der Waals surface area contributed by atoms with Crippen LogP contribution >= 0.6 is 0 Å². The Morgan fingerprint density at radius 1 is 1.54 bits per heavy atom. The molecule has 0 fully saturated rings. The summed E-state index contributed by atoms with van der Waals surface area (Å²) in [5.74, 6) is 0. The van der Waals surface area contributed by atoms with Gasteiger partial charge in [0, 0.05) is 11.5 Å². The van der Waals surface area contributed by atoms with E-state index in [1.54, 1.807) is 0 Å². The standard InChI is InChI=1S/C10H16FNO/c1-4-5-6-10(2,3)8-7-9(11)13-12-8/h7H,4-6H2,1-3H3. The van der Waals surface area contributed by atoms with Gasteiger partial charge in [-0.1, -0.05) is 38.8 Å². The maximum atomic E-state index is 12.6. The molecule has 74 valence electrons. The van der Waals surface area contributed by atoms with Crippen molar-refractivity contribution < 1.29 is 8.91 Å². The van der Waals surface area contributed by atoms with Crippen LogP contribution in [0.1, 0.15) is 45.7 Å². The van der Waals surface area contributed by atoms with Gasteiger partial charge in [0.15, 0.2) is 0 Å². The van der Waals surface area contributed by atoms with E-state index in [-0.39, 0.29) is 5.41 Å². The van der Waals surface area contributed by atoms with E-state index >= 15 is 0 Å². The molecule has 0 saturated heterocycles. The van der Waals surface area contributed by atoms with E-state index in [4.69, 9.17) is 0 Å². The molecular weight excluding hydrogens is 169 g/mol. The minimum atomic E-state index is -0.598. The molecule has 1 rings (SSSR count). The molecule has 0 spiro atoms. The quantitative estimate of drug-likeness (QED) is 0.719. The second kappa shape index (κ2) is 3.90. The lowest BCUT2D eigenvalue weighted by Gasteiger charge is -2.20. The smallest absolute Gasteiger partial charge is 0.306 e. The number of hydrogen-bond acceptors (Lipinski definition) is 2. The predicted octanol–water partition coefficient (Wildman–Crippen LogP) is 3.28. The number of hydrogen-bond donors (Lipinski definition) is 0. The minimum Gasteiger partial charge on any atom is -0.326 e. The van der Waals surface area contributed by atoms with Crippen LogP contribution in [-0.4, -0.2) is 5.16 Å². The zero-order valence-corrected chi connectivity index (χ0v) is 8.43. The fourth-order valence-corrected chi connectivity index (χ4v) is 1.32. The van der Waals surface area contributed by atoms with Gasteiger partial charge in [0.1, 0.15) is 0 Å². The summed E-state index contributed by atoms with van der Waals surface area (Å²) >= 11 is 0. The molecule has 0 aliphatic heterocycles. The van der Waals surface area contributed by atoms with Crippen molar-refractivity contribution in [1.29, 1.82) is 0 Å². The van der Waals surface area contributed by atoms with Crippen molar-refractivity contribution in [3.63, 3.8) is 0 Å². The van der Waals surface area contributed by atoms with Gasteiger partial charge in [-0.25, -0.2) is 0 Å². The highest BCUT2D eigenvalue weighted by Crippen LogP contribution is 2.28. The first-order valence-corrected chi connectivity index (χ1v) is 4.69. The van der Waals surface area contributed by atoms with E-state index in [0.717, 1.165) is 19.3 Å². The summed E-state index contributed by atoms with van der Waals surface area (Å²) in [6, 6.07) is 0.773. The summed E-state index contributed by atoms with van der Waals surface area (Å²) in [4.78, 5) is 0. The van der Waals surface area contributed by atoms with E-state index in [0.29, 0.717) is 5.69 Å². The van der Waals surface area contributed by atoms with E-state index in [2.05, 4.69) is 30.5 Å². The number of aromatic nitrogens is 1. The first-order chi connectivity index (χ1) is 6.06. The number of halogens is 1. The Morgan fingerprint density at radius 2 is 2.23 bits per heavy atom. The number of nitrogens with zero attached hydrogens (tertiary/aromatic N) is 1. The summed E-state index contributed by atoms with van der Waals surface area (Å²) in [6.07, 6.45) is 3.28. The monoisotopic (exact) mass is 185 g/mol. The van der Waals surface area contributed by atoms with E-state index < -0.39 is 6.01 Å². The second-order valence-electron chi connectivity index (χ2n) is 4.00. The van der Waals surface area contributed by atoms with Crippen molar-refractivity contribution in [2.24, 2.45) is 0 Å². The Labute approximate surface area is 78.1 Å². The van der Waals surface area contributed by atoms with Crippen molar-refractivity contribution in [1.82, 2.24) is 5.16 Å². The Balaban J connectivity index is 2.68. The predicted molar refractivity (Wildman–Crippen MR) is 49.0 cm³/mol. The molecule has 0 bridgehead atoms. The second-order valence-corrected chi connectivity index (χ2v) is 4.00. The Bertz CT molecular complexity index is 268. The van der Waals surface area contributed by atoms with Crippen molar-refractivity contribution in [2.45, 2.75) is 45.4 Å². The first-order valence-electron chi connectivity index (χ1n) is 4.69. The molecule has 1 heterocycles. The Hall–Kier alpha value is -0.860. The molecule has 0 amide bonds. The SMILES string of the molecule is CCCCC(C)(C)c1cc(F)on1. The summed E-state index contributed by atoms with van der Waals surface area (Å²) in [7, 11) is 0. The molecule has 0 unspecified atom stereocenters. The van der Waals surface area contributed by atoms with Crippen LogP contribution in [0.5, 0.6) is 0 Å². The van der Waals surface area contributed by atoms with E-state index in [9.17, 15) is 4.39 Å². The largest absolute Gasteiger partial charge is 0.326 e.